The van der Waals surface area contributed by atoms with Gasteiger partial charge in [0.15, 0.2) is 11.5 Å². The van der Waals surface area contributed by atoms with E-state index in [-0.39, 0.29) is 11.9 Å². The summed E-state index contributed by atoms with van der Waals surface area (Å²) in [4.78, 5) is 17.0. The predicted molar refractivity (Wildman–Crippen MR) is 97.2 cm³/mol. The van der Waals surface area contributed by atoms with Crippen molar-refractivity contribution in [1.82, 2.24) is 24.9 Å². The van der Waals surface area contributed by atoms with E-state index in [1.807, 2.05) is 60.0 Å². The Balaban J connectivity index is 1.58. The summed E-state index contributed by atoms with van der Waals surface area (Å²) in [5.74, 6) is 1.16. The Morgan fingerprint density at radius 3 is 2.88 bits per heavy atom. The highest BCUT2D eigenvalue weighted by atomic mass is 16.5. The molecule has 1 amide bonds. The number of aromatic nitrogens is 4. The lowest BCUT2D eigenvalue weighted by Crippen LogP contribution is -2.28. The molecule has 0 bridgehead atoms. The molecule has 1 atom stereocenters. The van der Waals surface area contributed by atoms with Crippen LogP contribution in [0.3, 0.4) is 0 Å². The lowest BCUT2D eigenvalue weighted by atomic mass is 10.2. The maximum Gasteiger partial charge on any atom is 0.270 e. The van der Waals surface area contributed by atoms with Crippen LogP contribution >= 0.6 is 0 Å². The summed E-state index contributed by atoms with van der Waals surface area (Å²) in [5, 5.41) is 12.1. The Labute approximate surface area is 149 Å². The number of carbonyl (C=O) groups excluding carboxylic acids is 1. The normalized spacial score (nSPS) is 12.2. The van der Waals surface area contributed by atoms with Gasteiger partial charge in [-0.1, -0.05) is 12.1 Å². The Morgan fingerprint density at radius 2 is 2.04 bits per heavy atom. The molecular formula is C19H17N5O2. The van der Waals surface area contributed by atoms with Crippen molar-refractivity contribution in [2.45, 2.75) is 13.0 Å². The number of carbonyl (C=O) groups is 1. The van der Waals surface area contributed by atoms with Gasteiger partial charge in [0, 0.05) is 11.6 Å². The van der Waals surface area contributed by atoms with Crippen LogP contribution in [0.25, 0.3) is 16.6 Å². The second kappa shape index (κ2) is 6.44. The minimum Gasteiger partial charge on any atom is -0.497 e. The van der Waals surface area contributed by atoms with Crippen LogP contribution < -0.4 is 10.1 Å². The summed E-state index contributed by atoms with van der Waals surface area (Å²) in [7, 11) is 1.62. The van der Waals surface area contributed by atoms with Crippen molar-refractivity contribution in [3.05, 3.63) is 66.2 Å². The Morgan fingerprint density at radius 1 is 1.15 bits per heavy atom. The second-order valence-corrected chi connectivity index (χ2v) is 5.94. The number of hydrogen-bond donors (Lipinski definition) is 1. The zero-order valence-electron chi connectivity index (χ0n) is 14.4. The van der Waals surface area contributed by atoms with Crippen molar-refractivity contribution in [2.75, 3.05) is 7.11 Å². The summed E-state index contributed by atoms with van der Waals surface area (Å²) >= 11 is 0. The maximum atomic E-state index is 12.6. The number of nitrogens with zero attached hydrogens (tertiary/aromatic N) is 4. The van der Waals surface area contributed by atoms with Gasteiger partial charge in [-0.05, 0) is 43.3 Å². The molecule has 7 nitrogen and oxygen atoms in total. The Kier molecular flexibility index (Phi) is 3.96. The van der Waals surface area contributed by atoms with Gasteiger partial charge in [0.25, 0.3) is 5.91 Å². The Hall–Kier alpha value is -3.48. The molecule has 0 spiro atoms. The zero-order valence-corrected chi connectivity index (χ0v) is 14.4. The van der Waals surface area contributed by atoms with E-state index in [4.69, 9.17) is 4.74 Å². The number of hydrogen-bond acceptors (Lipinski definition) is 5. The number of pyridine rings is 2. The van der Waals surface area contributed by atoms with Crippen LogP contribution in [-0.2, 0) is 0 Å². The standard InChI is InChI=1S/C19H17N5O2/c1-12(18-23-22-17-5-3-4-10-24(17)18)20-19(25)16-8-6-13-11-14(26-2)7-9-15(13)21-16/h3-12H,1-2H3,(H,20,25). The van der Waals surface area contributed by atoms with Gasteiger partial charge in [-0.3, -0.25) is 9.20 Å². The smallest absolute Gasteiger partial charge is 0.270 e. The highest BCUT2D eigenvalue weighted by Crippen LogP contribution is 2.20. The van der Waals surface area contributed by atoms with Gasteiger partial charge in [0.2, 0.25) is 0 Å². The molecule has 26 heavy (non-hydrogen) atoms. The topological polar surface area (TPSA) is 81.4 Å². The molecule has 0 saturated carbocycles. The van der Waals surface area contributed by atoms with Crippen molar-refractivity contribution in [2.24, 2.45) is 0 Å². The SMILES string of the molecule is COc1ccc2nc(C(=O)NC(C)c3nnc4ccccn34)ccc2c1. The molecular weight excluding hydrogens is 330 g/mol. The summed E-state index contributed by atoms with van der Waals surface area (Å²) < 4.78 is 7.06. The molecule has 0 saturated heterocycles. The predicted octanol–water partition coefficient (Wildman–Crippen LogP) is 2.78. The third kappa shape index (κ3) is 2.83. The lowest BCUT2D eigenvalue weighted by Gasteiger charge is -2.12. The van der Waals surface area contributed by atoms with Gasteiger partial charge in [-0.25, -0.2) is 4.98 Å². The van der Waals surface area contributed by atoms with Gasteiger partial charge in [-0.15, -0.1) is 10.2 Å². The fourth-order valence-electron chi connectivity index (χ4n) is 2.85. The summed E-state index contributed by atoms with van der Waals surface area (Å²) in [5.41, 5.74) is 1.82. The van der Waals surface area contributed by atoms with Gasteiger partial charge in [0.05, 0.1) is 18.7 Å². The molecule has 4 aromatic rings. The van der Waals surface area contributed by atoms with Crippen LogP contribution in [0.2, 0.25) is 0 Å². The number of benzene rings is 1. The van der Waals surface area contributed by atoms with E-state index >= 15 is 0 Å². The van der Waals surface area contributed by atoms with Gasteiger partial charge in [-0.2, -0.15) is 0 Å². The minimum atomic E-state index is -0.312. The van der Waals surface area contributed by atoms with Crippen LogP contribution in [0.15, 0.2) is 54.7 Å². The van der Waals surface area contributed by atoms with Crippen molar-refractivity contribution >= 4 is 22.5 Å². The molecule has 7 heteroatoms. The Bertz CT molecular complexity index is 1110. The van der Waals surface area contributed by atoms with Crippen molar-refractivity contribution < 1.29 is 9.53 Å². The first-order valence-corrected chi connectivity index (χ1v) is 8.21. The molecule has 4 rings (SSSR count). The van der Waals surface area contributed by atoms with E-state index in [2.05, 4.69) is 20.5 Å². The average molecular weight is 347 g/mol. The van der Waals surface area contributed by atoms with Gasteiger partial charge >= 0.3 is 0 Å². The average Bonchev–Trinajstić information content (AvgIpc) is 3.11. The van der Waals surface area contributed by atoms with E-state index in [9.17, 15) is 4.79 Å². The second-order valence-electron chi connectivity index (χ2n) is 5.94. The van der Waals surface area contributed by atoms with E-state index in [1.54, 1.807) is 13.2 Å². The number of methoxy groups -OCH3 is 1. The third-order valence-corrected chi connectivity index (χ3v) is 4.20. The van der Waals surface area contributed by atoms with Gasteiger partial charge < -0.3 is 10.1 Å². The summed E-state index contributed by atoms with van der Waals surface area (Å²) in [6.45, 7) is 1.87. The molecule has 0 aliphatic carbocycles. The molecule has 3 aromatic heterocycles. The number of fused-ring (bicyclic) bond motifs is 2. The molecule has 3 heterocycles. The number of amides is 1. The van der Waals surface area contributed by atoms with E-state index in [1.165, 1.54) is 0 Å². The quantitative estimate of drug-likeness (QED) is 0.614. The fraction of sp³-hybridized carbons (Fsp3) is 0.158. The maximum absolute atomic E-state index is 12.6. The lowest BCUT2D eigenvalue weighted by molar-refractivity contribution is 0.0933. The molecule has 1 unspecified atom stereocenters. The molecule has 0 aliphatic rings. The first-order chi connectivity index (χ1) is 12.7. The fourth-order valence-corrected chi connectivity index (χ4v) is 2.85. The monoisotopic (exact) mass is 347 g/mol. The number of nitrogens with one attached hydrogen (secondary N) is 1. The van der Waals surface area contributed by atoms with E-state index < -0.39 is 0 Å². The van der Waals surface area contributed by atoms with E-state index in [0.29, 0.717) is 11.5 Å². The highest BCUT2D eigenvalue weighted by molar-refractivity contribution is 5.95. The number of rotatable bonds is 4. The van der Waals surface area contributed by atoms with Crippen LogP contribution in [0.5, 0.6) is 5.75 Å². The molecule has 0 aliphatic heterocycles. The minimum absolute atomic E-state index is 0.261. The third-order valence-electron chi connectivity index (χ3n) is 4.20. The van der Waals surface area contributed by atoms with Crippen LogP contribution in [0, 0.1) is 0 Å². The largest absolute Gasteiger partial charge is 0.497 e. The van der Waals surface area contributed by atoms with Crippen molar-refractivity contribution in [1.29, 1.82) is 0 Å². The summed E-state index contributed by atoms with van der Waals surface area (Å²) in [6.07, 6.45) is 1.87. The van der Waals surface area contributed by atoms with Crippen LogP contribution in [0.4, 0.5) is 0 Å². The summed E-state index contributed by atoms with van der Waals surface area (Å²) in [6, 6.07) is 14.4. The molecule has 130 valence electrons. The molecule has 0 fully saturated rings. The van der Waals surface area contributed by atoms with Gasteiger partial charge in [0.1, 0.15) is 11.4 Å². The number of ether oxygens (including phenoxy) is 1. The zero-order chi connectivity index (χ0) is 18.1. The highest BCUT2D eigenvalue weighted by Gasteiger charge is 2.17. The van der Waals surface area contributed by atoms with Crippen LogP contribution in [-0.4, -0.2) is 32.6 Å². The van der Waals surface area contributed by atoms with Crippen LogP contribution in [0.1, 0.15) is 29.3 Å². The van der Waals surface area contributed by atoms with Crippen molar-refractivity contribution in [3.63, 3.8) is 0 Å². The molecule has 1 aromatic carbocycles. The first kappa shape index (κ1) is 16.0. The molecule has 0 radical (unpaired) electrons. The first-order valence-electron chi connectivity index (χ1n) is 8.21. The van der Waals surface area contributed by atoms with E-state index in [0.717, 1.165) is 22.3 Å². The molecule has 1 N–H and O–H groups in total. The van der Waals surface area contributed by atoms with Crippen molar-refractivity contribution in [3.8, 4) is 5.75 Å².